The molecule has 3 nitrogen and oxygen atoms in total. The lowest BCUT2D eigenvalue weighted by atomic mass is 10.1. The van der Waals surface area contributed by atoms with Crippen molar-refractivity contribution in [1.82, 2.24) is 4.98 Å². The molecule has 0 bridgehead atoms. The highest BCUT2D eigenvalue weighted by molar-refractivity contribution is 9.10. The van der Waals surface area contributed by atoms with Crippen molar-refractivity contribution in [2.24, 2.45) is 0 Å². The molecule has 1 aromatic heterocycles. The van der Waals surface area contributed by atoms with Crippen LogP contribution in [0, 0.1) is 6.92 Å². The number of piperidine rings is 1. The quantitative estimate of drug-likeness (QED) is 0.784. The van der Waals surface area contributed by atoms with E-state index in [0.717, 1.165) is 29.0 Å². The van der Waals surface area contributed by atoms with Crippen molar-refractivity contribution in [2.75, 3.05) is 18.0 Å². The van der Waals surface area contributed by atoms with Crippen LogP contribution in [0.2, 0.25) is 0 Å². The summed E-state index contributed by atoms with van der Waals surface area (Å²) in [5, 5.41) is 0. The summed E-state index contributed by atoms with van der Waals surface area (Å²) < 4.78 is 1.01. The van der Waals surface area contributed by atoms with Crippen molar-refractivity contribution in [2.45, 2.75) is 19.8 Å². The zero-order chi connectivity index (χ0) is 10.8. The van der Waals surface area contributed by atoms with E-state index < -0.39 is 0 Å². The van der Waals surface area contributed by atoms with Crippen LogP contribution in [0.3, 0.4) is 0 Å². The molecule has 1 aliphatic rings. The van der Waals surface area contributed by atoms with Gasteiger partial charge in [-0.25, -0.2) is 4.98 Å². The number of rotatable bonds is 1. The third-order valence-electron chi connectivity index (χ3n) is 2.58. The van der Waals surface area contributed by atoms with Crippen molar-refractivity contribution in [1.29, 1.82) is 0 Å². The van der Waals surface area contributed by atoms with Crippen LogP contribution in [0.4, 0.5) is 5.82 Å². The van der Waals surface area contributed by atoms with Gasteiger partial charge in [-0.2, -0.15) is 0 Å². The van der Waals surface area contributed by atoms with Gasteiger partial charge in [0.15, 0.2) is 5.78 Å². The molecule has 15 heavy (non-hydrogen) atoms. The molecule has 0 amide bonds. The second kappa shape index (κ2) is 4.31. The second-order valence-electron chi connectivity index (χ2n) is 3.80. The highest BCUT2D eigenvalue weighted by atomic mass is 79.9. The van der Waals surface area contributed by atoms with Crippen molar-refractivity contribution < 1.29 is 4.79 Å². The number of carbonyl (C=O) groups excluding carboxylic acids is 1. The summed E-state index contributed by atoms with van der Waals surface area (Å²) in [6.07, 6.45) is 1.65. The Labute approximate surface area is 97.6 Å². The Balaban J connectivity index is 2.21. The van der Waals surface area contributed by atoms with E-state index in [0.29, 0.717) is 18.7 Å². The number of anilines is 1. The Morgan fingerprint density at radius 1 is 1.47 bits per heavy atom. The van der Waals surface area contributed by atoms with Gasteiger partial charge in [0.05, 0.1) is 12.2 Å². The minimum atomic E-state index is 0.309. The predicted octanol–water partition coefficient (Wildman–Crippen LogP) is 2.32. The smallest absolute Gasteiger partial charge is 0.152 e. The van der Waals surface area contributed by atoms with Gasteiger partial charge in [0.25, 0.3) is 0 Å². The number of hydrogen-bond acceptors (Lipinski definition) is 3. The summed E-state index contributed by atoms with van der Waals surface area (Å²) >= 11 is 3.42. The Morgan fingerprint density at radius 2 is 2.27 bits per heavy atom. The molecule has 2 rings (SSSR count). The summed E-state index contributed by atoms with van der Waals surface area (Å²) in [6.45, 7) is 3.40. The van der Waals surface area contributed by atoms with Gasteiger partial charge in [0.1, 0.15) is 5.82 Å². The molecule has 0 saturated carbocycles. The minimum Gasteiger partial charge on any atom is -0.349 e. The normalized spacial score (nSPS) is 16.9. The van der Waals surface area contributed by atoms with Gasteiger partial charge in [0, 0.05) is 17.4 Å². The third-order valence-corrected chi connectivity index (χ3v) is 3.42. The SMILES string of the molecule is Cc1nc(N2CCCC(=O)C2)ccc1Br. The molecule has 0 radical (unpaired) electrons. The van der Waals surface area contributed by atoms with Gasteiger partial charge in [-0.3, -0.25) is 4.79 Å². The molecule has 0 spiro atoms. The zero-order valence-corrected chi connectivity index (χ0v) is 10.2. The molecule has 0 aliphatic carbocycles. The lowest BCUT2D eigenvalue weighted by Crippen LogP contribution is -2.36. The Kier molecular flexibility index (Phi) is 3.05. The molecule has 4 heteroatoms. The number of ketones is 1. The maximum Gasteiger partial charge on any atom is 0.152 e. The van der Waals surface area contributed by atoms with E-state index in [1.54, 1.807) is 0 Å². The molecule has 0 N–H and O–H groups in total. The first-order valence-electron chi connectivity index (χ1n) is 5.06. The molecule has 0 aromatic carbocycles. The summed E-state index contributed by atoms with van der Waals surface area (Å²) in [5.41, 5.74) is 0.963. The van der Waals surface area contributed by atoms with Crippen LogP contribution >= 0.6 is 15.9 Å². The molecule has 0 atom stereocenters. The number of hydrogen-bond donors (Lipinski definition) is 0. The van der Waals surface area contributed by atoms with Gasteiger partial charge in [-0.15, -0.1) is 0 Å². The van der Waals surface area contributed by atoms with Crippen LogP contribution in [0.25, 0.3) is 0 Å². The fourth-order valence-corrected chi connectivity index (χ4v) is 1.96. The highest BCUT2D eigenvalue weighted by Crippen LogP contribution is 2.20. The van der Waals surface area contributed by atoms with Crippen LogP contribution in [0.1, 0.15) is 18.5 Å². The number of carbonyl (C=O) groups is 1. The van der Waals surface area contributed by atoms with Gasteiger partial charge < -0.3 is 4.90 Å². The number of aryl methyl sites for hydroxylation is 1. The minimum absolute atomic E-state index is 0.309. The Bertz CT molecular complexity index is 392. The van der Waals surface area contributed by atoms with Gasteiger partial charge in [-0.05, 0) is 41.4 Å². The van der Waals surface area contributed by atoms with Crippen molar-refractivity contribution in [3.8, 4) is 0 Å². The molecule has 2 heterocycles. The van der Waals surface area contributed by atoms with Crippen LogP contribution in [0.5, 0.6) is 0 Å². The summed E-state index contributed by atoms with van der Waals surface area (Å²) in [4.78, 5) is 17.8. The first kappa shape index (κ1) is 10.6. The molecule has 1 aliphatic heterocycles. The highest BCUT2D eigenvalue weighted by Gasteiger charge is 2.18. The monoisotopic (exact) mass is 268 g/mol. The maximum absolute atomic E-state index is 11.3. The molecule has 1 aromatic rings. The average molecular weight is 269 g/mol. The Hall–Kier alpha value is -0.900. The lowest BCUT2D eigenvalue weighted by Gasteiger charge is -2.27. The lowest BCUT2D eigenvalue weighted by molar-refractivity contribution is -0.118. The number of nitrogens with zero attached hydrogens (tertiary/aromatic N) is 2. The largest absolute Gasteiger partial charge is 0.349 e. The second-order valence-corrected chi connectivity index (χ2v) is 4.65. The molecule has 80 valence electrons. The Morgan fingerprint density at radius 3 is 2.93 bits per heavy atom. The summed E-state index contributed by atoms with van der Waals surface area (Å²) in [5.74, 6) is 1.22. The number of aromatic nitrogens is 1. The molecule has 0 unspecified atom stereocenters. The van der Waals surface area contributed by atoms with E-state index in [2.05, 4.69) is 20.9 Å². The van der Waals surface area contributed by atoms with E-state index >= 15 is 0 Å². The molecule has 1 fully saturated rings. The topological polar surface area (TPSA) is 33.2 Å². The first-order valence-corrected chi connectivity index (χ1v) is 5.86. The van der Waals surface area contributed by atoms with E-state index in [9.17, 15) is 4.79 Å². The number of pyridine rings is 1. The maximum atomic E-state index is 11.3. The zero-order valence-electron chi connectivity index (χ0n) is 8.66. The average Bonchev–Trinajstić information content (AvgIpc) is 2.22. The van der Waals surface area contributed by atoms with E-state index in [1.807, 2.05) is 24.0 Å². The fourth-order valence-electron chi connectivity index (χ4n) is 1.74. The molecular formula is C11H13BrN2O. The third kappa shape index (κ3) is 2.37. The van der Waals surface area contributed by atoms with E-state index in [1.165, 1.54) is 0 Å². The van der Waals surface area contributed by atoms with Crippen LogP contribution in [0.15, 0.2) is 16.6 Å². The predicted molar refractivity (Wildman–Crippen MR) is 63.1 cm³/mol. The van der Waals surface area contributed by atoms with Gasteiger partial charge >= 0.3 is 0 Å². The van der Waals surface area contributed by atoms with Gasteiger partial charge in [-0.1, -0.05) is 0 Å². The van der Waals surface area contributed by atoms with Crippen LogP contribution in [-0.2, 0) is 4.79 Å². The van der Waals surface area contributed by atoms with Crippen molar-refractivity contribution in [3.63, 3.8) is 0 Å². The van der Waals surface area contributed by atoms with Crippen LogP contribution < -0.4 is 4.90 Å². The number of halogens is 1. The summed E-state index contributed by atoms with van der Waals surface area (Å²) in [6, 6.07) is 3.94. The number of Topliss-reactive ketones (excluding diaryl/α,β-unsaturated/α-hetero) is 1. The van der Waals surface area contributed by atoms with Crippen molar-refractivity contribution in [3.05, 3.63) is 22.3 Å². The standard InChI is InChI=1S/C11H13BrN2O/c1-8-10(12)4-5-11(13-8)14-6-2-3-9(15)7-14/h4-5H,2-3,6-7H2,1H3. The fraction of sp³-hybridized carbons (Fsp3) is 0.455. The van der Waals surface area contributed by atoms with Crippen LogP contribution in [-0.4, -0.2) is 23.9 Å². The van der Waals surface area contributed by atoms with Crippen molar-refractivity contribution >= 4 is 27.5 Å². The summed E-state index contributed by atoms with van der Waals surface area (Å²) in [7, 11) is 0. The molecular weight excluding hydrogens is 256 g/mol. The van der Waals surface area contributed by atoms with E-state index in [4.69, 9.17) is 0 Å². The first-order chi connectivity index (χ1) is 7.16. The molecule has 1 saturated heterocycles. The van der Waals surface area contributed by atoms with E-state index in [-0.39, 0.29) is 0 Å². The van der Waals surface area contributed by atoms with Gasteiger partial charge in [0.2, 0.25) is 0 Å².